The van der Waals surface area contributed by atoms with Gasteiger partial charge in [0.05, 0.1) is 6.54 Å². The molecule has 0 amide bonds. The van der Waals surface area contributed by atoms with E-state index in [4.69, 9.17) is 11.6 Å². The molecule has 0 saturated carbocycles. The third kappa shape index (κ3) is 7.38. The number of hydrogen-bond donors (Lipinski definition) is 0. The van der Waals surface area contributed by atoms with Crippen molar-refractivity contribution < 1.29 is 4.79 Å². The number of piperazine rings is 1. The third-order valence-electron chi connectivity index (χ3n) is 5.90. The van der Waals surface area contributed by atoms with Crippen LogP contribution in [-0.2, 0) is 4.79 Å². The monoisotopic (exact) mass is 449 g/mol. The first-order valence-electron chi connectivity index (χ1n) is 9.96. The molecule has 2 aliphatic heterocycles. The van der Waals surface area contributed by atoms with Crippen LogP contribution in [0.2, 0.25) is 5.02 Å². The quantitative estimate of drug-likeness (QED) is 0.645. The summed E-state index contributed by atoms with van der Waals surface area (Å²) in [6.07, 6.45) is 3.79. The molecule has 2 heterocycles. The number of ketones is 1. The van der Waals surface area contributed by atoms with Gasteiger partial charge in [-0.15, -0.1) is 24.8 Å². The van der Waals surface area contributed by atoms with Gasteiger partial charge in [0, 0.05) is 36.9 Å². The van der Waals surface area contributed by atoms with Crippen molar-refractivity contribution in [2.24, 2.45) is 5.92 Å². The Labute approximate surface area is 187 Å². The van der Waals surface area contributed by atoms with Crippen LogP contribution in [0.1, 0.15) is 31.7 Å². The van der Waals surface area contributed by atoms with E-state index in [9.17, 15) is 4.79 Å². The van der Waals surface area contributed by atoms with Crippen LogP contribution in [0.15, 0.2) is 18.2 Å². The number of nitrogens with zero attached hydrogens (tertiary/aromatic N) is 3. The van der Waals surface area contributed by atoms with Crippen molar-refractivity contribution in [1.82, 2.24) is 9.80 Å². The van der Waals surface area contributed by atoms with Crippen molar-refractivity contribution in [3.8, 4) is 0 Å². The number of benzene rings is 1. The van der Waals surface area contributed by atoms with Crippen molar-refractivity contribution >= 4 is 47.9 Å². The second-order valence-corrected chi connectivity index (χ2v) is 8.38. The maximum absolute atomic E-state index is 11.2. The maximum atomic E-state index is 11.2. The van der Waals surface area contributed by atoms with Crippen LogP contribution in [0.25, 0.3) is 0 Å². The van der Waals surface area contributed by atoms with Crippen LogP contribution in [-0.4, -0.2) is 67.9 Å². The first-order valence-corrected chi connectivity index (χ1v) is 10.3. The van der Waals surface area contributed by atoms with Crippen LogP contribution in [0.3, 0.4) is 0 Å². The molecule has 1 aromatic rings. The summed E-state index contributed by atoms with van der Waals surface area (Å²) >= 11 is 6.28. The average Bonchev–Trinajstić information content (AvgIpc) is 2.63. The van der Waals surface area contributed by atoms with Crippen molar-refractivity contribution in [3.63, 3.8) is 0 Å². The lowest BCUT2D eigenvalue weighted by atomic mass is 9.93. The average molecular weight is 451 g/mol. The lowest BCUT2D eigenvalue weighted by molar-refractivity contribution is -0.118. The zero-order valence-corrected chi connectivity index (χ0v) is 19.4. The predicted octanol–water partition coefficient (Wildman–Crippen LogP) is 4.31. The number of anilines is 1. The summed E-state index contributed by atoms with van der Waals surface area (Å²) in [6.45, 7) is 12.2. The molecule has 0 radical (unpaired) electrons. The number of likely N-dealkylation sites (tertiary alicyclic amines) is 1. The molecule has 2 saturated heterocycles. The molecule has 1 aromatic carbocycles. The summed E-state index contributed by atoms with van der Waals surface area (Å²) in [7, 11) is 0. The van der Waals surface area contributed by atoms with E-state index < -0.39 is 0 Å². The summed E-state index contributed by atoms with van der Waals surface area (Å²) in [4.78, 5) is 18.6. The maximum Gasteiger partial charge on any atom is 0.143 e. The number of hydrogen-bond acceptors (Lipinski definition) is 4. The summed E-state index contributed by atoms with van der Waals surface area (Å²) in [5.41, 5.74) is 2.39. The smallest absolute Gasteiger partial charge is 0.143 e. The summed E-state index contributed by atoms with van der Waals surface area (Å²) < 4.78 is 0. The van der Waals surface area contributed by atoms with Gasteiger partial charge in [-0.3, -0.25) is 14.6 Å². The Kier molecular flexibility index (Phi) is 11.2. The highest BCUT2D eigenvalue weighted by atomic mass is 35.5. The molecule has 28 heavy (non-hydrogen) atoms. The number of halogens is 3. The zero-order chi connectivity index (χ0) is 18.5. The Morgan fingerprint density at radius 1 is 1.04 bits per heavy atom. The molecule has 7 heteroatoms. The highest BCUT2D eigenvalue weighted by Gasteiger charge is 2.22. The third-order valence-corrected chi connectivity index (χ3v) is 6.31. The minimum atomic E-state index is 0. The topological polar surface area (TPSA) is 26.8 Å². The van der Waals surface area contributed by atoms with E-state index in [1.54, 1.807) is 6.92 Å². The lowest BCUT2D eigenvalue weighted by Crippen LogP contribution is -2.47. The molecular weight excluding hydrogens is 417 g/mol. The molecule has 3 rings (SSSR count). The fraction of sp³-hybridized carbons (Fsp3) is 0.667. The van der Waals surface area contributed by atoms with E-state index in [-0.39, 0.29) is 30.6 Å². The van der Waals surface area contributed by atoms with Gasteiger partial charge >= 0.3 is 0 Å². The predicted molar refractivity (Wildman–Crippen MR) is 124 cm³/mol. The number of carbonyl (C=O) groups excluding carboxylic acids is 1. The number of Topliss-reactive ketones (excluding diaryl/α,β-unsaturated/α-hetero) is 1. The Bertz CT molecular complexity index is 613. The van der Waals surface area contributed by atoms with Gasteiger partial charge in [0.2, 0.25) is 0 Å². The molecule has 0 unspecified atom stereocenters. The van der Waals surface area contributed by atoms with Gasteiger partial charge in [0.15, 0.2) is 0 Å². The molecule has 0 atom stereocenters. The highest BCUT2D eigenvalue weighted by Crippen LogP contribution is 2.25. The molecular formula is C21H34Cl3N3O. The van der Waals surface area contributed by atoms with Gasteiger partial charge in [0.1, 0.15) is 5.78 Å². The fourth-order valence-corrected chi connectivity index (χ4v) is 4.30. The Morgan fingerprint density at radius 3 is 2.25 bits per heavy atom. The second-order valence-electron chi connectivity index (χ2n) is 7.97. The van der Waals surface area contributed by atoms with Gasteiger partial charge in [-0.25, -0.2) is 0 Å². The van der Waals surface area contributed by atoms with E-state index in [1.165, 1.54) is 31.5 Å². The molecule has 0 aliphatic carbocycles. The van der Waals surface area contributed by atoms with Crippen molar-refractivity contribution in [3.05, 3.63) is 28.8 Å². The van der Waals surface area contributed by atoms with Crippen molar-refractivity contribution in [2.45, 2.75) is 33.1 Å². The van der Waals surface area contributed by atoms with E-state index in [2.05, 4.69) is 39.8 Å². The SMILES string of the molecule is CC(=O)CN1CCC(CCN2CCN(c3ccc(C)c(Cl)c3)CC2)CC1.Cl.Cl. The largest absolute Gasteiger partial charge is 0.369 e. The van der Waals surface area contributed by atoms with E-state index in [0.29, 0.717) is 6.54 Å². The molecule has 0 spiro atoms. The van der Waals surface area contributed by atoms with Crippen LogP contribution in [0.4, 0.5) is 5.69 Å². The Balaban J connectivity index is 0.00000196. The summed E-state index contributed by atoms with van der Waals surface area (Å²) in [5.74, 6) is 1.11. The van der Waals surface area contributed by atoms with E-state index >= 15 is 0 Å². The standard InChI is InChI=1S/C21H32ClN3O.2ClH/c1-17-3-4-20(15-21(17)22)25-13-11-23(12-14-25)8-5-19-6-9-24(10-7-19)16-18(2)26;;/h3-4,15,19H,5-14,16H2,1-2H3;2*1H. The fourth-order valence-electron chi connectivity index (χ4n) is 4.12. The minimum absolute atomic E-state index is 0. The molecule has 0 N–H and O–H groups in total. The summed E-state index contributed by atoms with van der Waals surface area (Å²) in [6, 6.07) is 6.40. The van der Waals surface area contributed by atoms with Crippen LogP contribution in [0, 0.1) is 12.8 Å². The number of carbonyl (C=O) groups is 1. The first-order chi connectivity index (χ1) is 12.5. The van der Waals surface area contributed by atoms with E-state index in [0.717, 1.165) is 55.8 Å². The first kappa shape index (κ1) is 25.5. The number of aryl methyl sites for hydroxylation is 1. The van der Waals surface area contributed by atoms with Gasteiger partial charge in [-0.05, 0) is 76.4 Å². The molecule has 4 nitrogen and oxygen atoms in total. The second kappa shape index (κ2) is 12.2. The Morgan fingerprint density at radius 2 is 1.68 bits per heavy atom. The number of piperidine rings is 1. The minimum Gasteiger partial charge on any atom is -0.369 e. The van der Waals surface area contributed by atoms with Crippen LogP contribution < -0.4 is 4.90 Å². The molecule has 0 aromatic heterocycles. The van der Waals surface area contributed by atoms with Crippen LogP contribution >= 0.6 is 36.4 Å². The van der Waals surface area contributed by atoms with Crippen LogP contribution in [0.5, 0.6) is 0 Å². The van der Waals surface area contributed by atoms with Crippen molar-refractivity contribution in [2.75, 3.05) is 57.3 Å². The normalized spacial score (nSPS) is 19.0. The molecule has 2 aliphatic rings. The van der Waals surface area contributed by atoms with E-state index in [1.807, 2.05) is 0 Å². The Hall–Kier alpha value is -0.520. The number of rotatable bonds is 6. The highest BCUT2D eigenvalue weighted by molar-refractivity contribution is 6.31. The van der Waals surface area contributed by atoms with Crippen molar-refractivity contribution in [1.29, 1.82) is 0 Å². The lowest BCUT2D eigenvalue weighted by Gasteiger charge is -2.37. The van der Waals surface area contributed by atoms with Gasteiger partial charge in [-0.2, -0.15) is 0 Å². The molecule has 2 fully saturated rings. The molecule has 160 valence electrons. The zero-order valence-electron chi connectivity index (χ0n) is 17.0. The molecule has 0 bridgehead atoms. The van der Waals surface area contributed by atoms with Gasteiger partial charge < -0.3 is 4.90 Å². The summed E-state index contributed by atoms with van der Waals surface area (Å²) in [5, 5.41) is 0.862. The van der Waals surface area contributed by atoms with Gasteiger partial charge in [-0.1, -0.05) is 17.7 Å². The van der Waals surface area contributed by atoms with Gasteiger partial charge in [0.25, 0.3) is 0 Å².